The highest BCUT2D eigenvalue weighted by molar-refractivity contribution is 5.90. The van der Waals surface area contributed by atoms with Crippen LogP contribution in [-0.2, 0) is 6.54 Å². The lowest BCUT2D eigenvalue weighted by atomic mass is 9.83. The molecule has 2 amide bonds. The van der Waals surface area contributed by atoms with E-state index in [9.17, 15) is 9.59 Å². The first-order valence-electron chi connectivity index (χ1n) is 9.83. The van der Waals surface area contributed by atoms with Gasteiger partial charge in [-0.1, -0.05) is 6.07 Å². The van der Waals surface area contributed by atoms with Crippen molar-refractivity contribution in [2.45, 2.75) is 25.3 Å². The quantitative estimate of drug-likeness (QED) is 0.824. The van der Waals surface area contributed by atoms with E-state index in [4.69, 9.17) is 9.47 Å². The van der Waals surface area contributed by atoms with Gasteiger partial charge in [0.05, 0.1) is 13.2 Å². The second-order valence-electron chi connectivity index (χ2n) is 7.75. The average molecular weight is 381 g/mol. The molecule has 5 rings (SSSR count). The number of amides is 2. The third kappa shape index (κ3) is 3.10. The van der Waals surface area contributed by atoms with Crippen LogP contribution in [0.4, 0.5) is 10.5 Å². The largest absolute Gasteiger partial charge is 0.490 e. The van der Waals surface area contributed by atoms with Crippen LogP contribution in [0, 0.1) is 5.92 Å². The van der Waals surface area contributed by atoms with Gasteiger partial charge in [-0.3, -0.25) is 4.79 Å². The number of pyridine rings is 1. The van der Waals surface area contributed by atoms with Crippen LogP contribution in [0.3, 0.4) is 0 Å². The maximum atomic E-state index is 12.9. The zero-order valence-electron chi connectivity index (χ0n) is 15.6. The van der Waals surface area contributed by atoms with Gasteiger partial charge < -0.3 is 24.3 Å². The zero-order valence-corrected chi connectivity index (χ0v) is 15.6. The Bertz CT molecular complexity index is 970. The van der Waals surface area contributed by atoms with E-state index in [1.54, 1.807) is 6.07 Å². The summed E-state index contributed by atoms with van der Waals surface area (Å²) in [4.78, 5) is 26.9. The smallest absolute Gasteiger partial charge is 0.321 e. The van der Waals surface area contributed by atoms with Crippen LogP contribution in [0.1, 0.15) is 24.5 Å². The van der Waals surface area contributed by atoms with Crippen molar-refractivity contribution in [2.24, 2.45) is 5.92 Å². The van der Waals surface area contributed by atoms with Crippen LogP contribution in [-0.4, -0.2) is 41.8 Å². The van der Waals surface area contributed by atoms with Crippen molar-refractivity contribution in [3.8, 4) is 11.5 Å². The lowest BCUT2D eigenvalue weighted by Gasteiger charge is -2.42. The third-order valence-corrected chi connectivity index (χ3v) is 5.77. The van der Waals surface area contributed by atoms with Crippen molar-refractivity contribution in [1.82, 2.24) is 9.47 Å². The second kappa shape index (κ2) is 6.89. The fourth-order valence-corrected chi connectivity index (χ4v) is 4.51. The molecule has 3 aliphatic rings. The predicted octanol–water partition coefficient (Wildman–Crippen LogP) is 2.66. The molecule has 2 aromatic rings. The van der Waals surface area contributed by atoms with E-state index in [1.807, 2.05) is 39.8 Å². The number of benzene rings is 1. The Labute approximate surface area is 162 Å². The van der Waals surface area contributed by atoms with Crippen molar-refractivity contribution in [1.29, 1.82) is 0 Å². The van der Waals surface area contributed by atoms with Gasteiger partial charge in [0.15, 0.2) is 11.5 Å². The maximum Gasteiger partial charge on any atom is 0.321 e. The monoisotopic (exact) mass is 381 g/mol. The number of hydrogen-bond acceptors (Lipinski definition) is 4. The van der Waals surface area contributed by atoms with Crippen molar-refractivity contribution in [3.05, 3.63) is 52.4 Å². The molecule has 146 valence electrons. The van der Waals surface area contributed by atoms with Crippen LogP contribution in [0.25, 0.3) is 0 Å². The molecule has 3 aliphatic heterocycles. The number of aromatic nitrogens is 1. The SMILES string of the molecule is O=C(Nc1ccc2c(c1)OCCCO2)N1C[C@H]2C[C@@H](C1)c1cccc(=O)n1C2. The number of nitrogens with zero attached hydrogens (tertiary/aromatic N) is 2. The number of likely N-dealkylation sites (tertiary alicyclic amines) is 1. The highest BCUT2D eigenvalue weighted by Crippen LogP contribution is 2.36. The summed E-state index contributed by atoms with van der Waals surface area (Å²) >= 11 is 0. The zero-order chi connectivity index (χ0) is 19.1. The minimum absolute atomic E-state index is 0.0531. The molecule has 0 radical (unpaired) electrons. The van der Waals surface area contributed by atoms with E-state index in [0.717, 1.165) is 18.5 Å². The molecule has 0 unspecified atom stereocenters. The van der Waals surface area contributed by atoms with Gasteiger partial charge in [0.2, 0.25) is 0 Å². The maximum absolute atomic E-state index is 12.9. The molecule has 7 heteroatoms. The summed E-state index contributed by atoms with van der Waals surface area (Å²) < 4.78 is 13.2. The number of nitrogens with one attached hydrogen (secondary N) is 1. The van der Waals surface area contributed by atoms with E-state index in [-0.39, 0.29) is 17.5 Å². The van der Waals surface area contributed by atoms with E-state index < -0.39 is 0 Å². The summed E-state index contributed by atoms with van der Waals surface area (Å²) in [5, 5.41) is 2.99. The number of urea groups is 1. The Kier molecular flexibility index (Phi) is 4.22. The number of carbonyl (C=O) groups is 1. The molecule has 1 N–H and O–H groups in total. The third-order valence-electron chi connectivity index (χ3n) is 5.77. The number of fused-ring (bicyclic) bond motifs is 5. The van der Waals surface area contributed by atoms with Crippen LogP contribution in [0.5, 0.6) is 11.5 Å². The van der Waals surface area contributed by atoms with Gasteiger partial charge in [0.25, 0.3) is 5.56 Å². The fraction of sp³-hybridized carbons (Fsp3) is 0.429. The van der Waals surface area contributed by atoms with Crippen molar-refractivity contribution in [3.63, 3.8) is 0 Å². The van der Waals surface area contributed by atoms with Crippen molar-refractivity contribution < 1.29 is 14.3 Å². The fourth-order valence-electron chi connectivity index (χ4n) is 4.51. The van der Waals surface area contributed by atoms with Gasteiger partial charge in [-0.2, -0.15) is 0 Å². The molecule has 0 saturated carbocycles. The van der Waals surface area contributed by atoms with E-state index >= 15 is 0 Å². The minimum Gasteiger partial charge on any atom is -0.490 e. The Hall–Kier alpha value is -2.96. The molecule has 1 fully saturated rings. The van der Waals surface area contributed by atoms with Crippen LogP contribution < -0.4 is 20.3 Å². The number of carbonyl (C=O) groups excluding carboxylic acids is 1. The molecule has 4 heterocycles. The molecule has 2 bridgehead atoms. The predicted molar refractivity (Wildman–Crippen MR) is 104 cm³/mol. The Morgan fingerprint density at radius 1 is 1.04 bits per heavy atom. The van der Waals surface area contributed by atoms with Gasteiger partial charge >= 0.3 is 6.03 Å². The summed E-state index contributed by atoms with van der Waals surface area (Å²) in [6.07, 6.45) is 1.87. The summed E-state index contributed by atoms with van der Waals surface area (Å²) in [5.41, 5.74) is 1.79. The van der Waals surface area contributed by atoms with Gasteiger partial charge in [-0.15, -0.1) is 0 Å². The summed E-state index contributed by atoms with van der Waals surface area (Å²) in [7, 11) is 0. The highest BCUT2D eigenvalue weighted by atomic mass is 16.5. The molecule has 0 aliphatic carbocycles. The van der Waals surface area contributed by atoms with E-state index in [1.165, 1.54) is 0 Å². The molecule has 1 aromatic carbocycles. The molecule has 0 spiro atoms. The van der Waals surface area contributed by atoms with Gasteiger partial charge in [0.1, 0.15) is 0 Å². The second-order valence-corrected chi connectivity index (χ2v) is 7.75. The number of ether oxygens (including phenoxy) is 2. The first-order chi connectivity index (χ1) is 13.7. The van der Waals surface area contributed by atoms with Gasteiger partial charge in [-0.25, -0.2) is 4.79 Å². The van der Waals surface area contributed by atoms with Crippen LogP contribution in [0.15, 0.2) is 41.2 Å². The number of hydrogen-bond donors (Lipinski definition) is 1. The summed E-state index contributed by atoms with van der Waals surface area (Å²) in [6.45, 7) is 3.21. The molecular formula is C21H23N3O4. The summed E-state index contributed by atoms with van der Waals surface area (Å²) in [5.74, 6) is 1.89. The standard InChI is InChI=1S/C21H23N3O4/c25-20-4-1-3-17-15-9-14(12-24(17)20)11-23(13-15)21(26)22-16-5-6-18-19(10-16)28-8-2-7-27-18/h1,3-6,10,14-15H,2,7-9,11-13H2,(H,22,26)/t14-,15+/m1/s1. The topological polar surface area (TPSA) is 72.8 Å². The first-order valence-corrected chi connectivity index (χ1v) is 9.83. The Morgan fingerprint density at radius 2 is 1.89 bits per heavy atom. The number of rotatable bonds is 1. The minimum atomic E-state index is -0.115. The first kappa shape index (κ1) is 17.2. The van der Waals surface area contributed by atoms with Crippen molar-refractivity contribution >= 4 is 11.7 Å². The Balaban J connectivity index is 1.32. The highest BCUT2D eigenvalue weighted by Gasteiger charge is 2.36. The van der Waals surface area contributed by atoms with Crippen molar-refractivity contribution in [2.75, 3.05) is 31.6 Å². The normalized spacial score (nSPS) is 22.8. The van der Waals surface area contributed by atoms with Gasteiger partial charge in [0, 0.05) is 55.5 Å². The molecule has 28 heavy (non-hydrogen) atoms. The van der Waals surface area contributed by atoms with E-state index in [0.29, 0.717) is 56.0 Å². The van der Waals surface area contributed by atoms with Gasteiger partial charge in [-0.05, 0) is 30.5 Å². The molecular weight excluding hydrogens is 358 g/mol. The lowest BCUT2D eigenvalue weighted by molar-refractivity contribution is 0.139. The molecule has 2 atom stereocenters. The number of anilines is 1. The van der Waals surface area contributed by atoms with Crippen LogP contribution in [0.2, 0.25) is 0 Å². The molecule has 7 nitrogen and oxygen atoms in total. The Morgan fingerprint density at radius 3 is 2.79 bits per heavy atom. The van der Waals surface area contributed by atoms with Crippen LogP contribution >= 0.6 is 0 Å². The number of piperidine rings is 1. The molecule has 1 aromatic heterocycles. The molecule has 1 saturated heterocycles. The van der Waals surface area contributed by atoms with E-state index in [2.05, 4.69) is 5.32 Å². The average Bonchev–Trinajstić information content (AvgIpc) is 2.94. The lowest BCUT2D eigenvalue weighted by Crippen LogP contribution is -2.50. The summed E-state index contributed by atoms with van der Waals surface area (Å²) in [6, 6.07) is 10.8.